The molecule has 26 heavy (non-hydrogen) atoms. The Balaban J connectivity index is 1.78. The number of thiophene rings is 1. The Bertz CT molecular complexity index is 964. The lowest BCUT2D eigenvalue weighted by Crippen LogP contribution is -2.40. The van der Waals surface area contributed by atoms with Crippen LogP contribution in [-0.2, 0) is 6.42 Å². The maximum atomic E-state index is 13.3. The lowest BCUT2D eigenvalue weighted by molar-refractivity contribution is 0.0696. The Morgan fingerprint density at radius 1 is 1.12 bits per heavy atom. The average Bonchev–Trinajstić information content (AvgIpc) is 3.10. The molecule has 0 saturated carbocycles. The average molecular weight is 402 g/mol. The number of nitrogens with zero attached hydrogens (tertiary/aromatic N) is 1. The minimum atomic E-state index is -0.0927. The standard InChI is InChI=1S/C21H17Cl2NOS/c1-13-2-4-14(5-3-13)20-17-9-11-26-19(17)8-10-24(20)21(25)16-7-6-15(22)12-18(16)23/h2-7,9,11-12,20H,8,10H2,1H3. The van der Waals surface area contributed by atoms with Crippen LogP contribution in [0, 0.1) is 6.92 Å². The fraction of sp³-hybridized carbons (Fsp3) is 0.190. The van der Waals surface area contributed by atoms with Crippen molar-refractivity contribution in [3.05, 3.63) is 91.1 Å². The van der Waals surface area contributed by atoms with E-state index in [4.69, 9.17) is 23.2 Å². The second kappa shape index (κ2) is 7.07. The van der Waals surface area contributed by atoms with Gasteiger partial charge in [0.1, 0.15) is 0 Å². The van der Waals surface area contributed by atoms with E-state index in [1.165, 1.54) is 16.0 Å². The van der Waals surface area contributed by atoms with Gasteiger partial charge in [-0.25, -0.2) is 0 Å². The summed E-state index contributed by atoms with van der Waals surface area (Å²) in [6.07, 6.45) is 0.867. The fourth-order valence-corrected chi connectivity index (χ4v) is 4.85. The Morgan fingerprint density at radius 3 is 2.62 bits per heavy atom. The second-order valence-corrected chi connectivity index (χ2v) is 8.33. The SMILES string of the molecule is Cc1ccc(C2c3ccsc3CCN2C(=O)c2ccc(Cl)cc2Cl)cc1. The minimum absolute atomic E-state index is 0.0610. The zero-order valence-electron chi connectivity index (χ0n) is 14.2. The van der Waals surface area contributed by atoms with Crippen LogP contribution in [-0.4, -0.2) is 17.4 Å². The van der Waals surface area contributed by atoms with Crippen molar-refractivity contribution >= 4 is 40.4 Å². The molecule has 1 unspecified atom stereocenters. The van der Waals surface area contributed by atoms with Crippen LogP contribution < -0.4 is 0 Å². The predicted molar refractivity (Wildman–Crippen MR) is 109 cm³/mol. The quantitative estimate of drug-likeness (QED) is 0.503. The van der Waals surface area contributed by atoms with Gasteiger partial charge in [-0.2, -0.15) is 0 Å². The molecule has 1 aromatic heterocycles. The molecule has 0 aliphatic carbocycles. The topological polar surface area (TPSA) is 20.3 Å². The summed E-state index contributed by atoms with van der Waals surface area (Å²) in [7, 11) is 0. The number of amides is 1. The number of carbonyl (C=O) groups is 1. The highest BCUT2D eigenvalue weighted by molar-refractivity contribution is 7.10. The van der Waals surface area contributed by atoms with Crippen LogP contribution in [0.3, 0.4) is 0 Å². The number of rotatable bonds is 2. The van der Waals surface area contributed by atoms with Gasteiger partial charge in [-0.15, -0.1) is 11.3 Å². The molecule has 1 atom stereocenters. The van der Waals surface area contributed by atoms with E-state index in [9.17, 15) is 4.79 Å². The number of halogens is 2. The van der Waals surface area contributed by atoms with Gasteiger partial charge in [0.05, 0.1) is 16.6 Å². The summed E-state index contributed by atoms with van der Waals surface area (Å²) >= 11 is 14.1. The molecule has 0 radical (unpaired) electrons. The van der Waals surface area contributed by atoms with Crippen molar-refractivity contribution in [2.45, 2.75) is 19.4 Å². The van der Waals surface area contributed by atoms with E-state index >= 15 is 0 Å². The summed E-state index contributed by atoms with van der Waals surface area (Å²) in [6, 6.07) is 15.5. The highest BCUT2D eigenvalue weighted by Gasteiger charge is 2.33. The number of hydrogen-bond donors (Lipinski definition) is 0. The number of benzene rings is 2. The van der Waals surface area contributed by atoms with Crippen molar-refractivity contribution in [2.24, 2.45) is 0 Å². The molecule has 0 fully saturated rings. The van der Waals surface area contributed by atoms with Crippen LogP contribution >= 0.6 is 34.5 Å². The van der Waals surface area contributed by atoms with Crippen molar-refractivity contribution in [1.82, 2.24) is 4.90 Å². The summed E-state index contributed by atoms with van der Waals surface area (Å²) in [5.41, 5.74) is 4.03. The molecular weight excluding hydrogens is 385 g/mol. The fourth-order valence-electron chi connectivity index (χ4n) is 3.46. The van der Waals surface area contributed by atoms with E-state index in [1.54, 1.807) is 29.5 Å². The molecule has 0 saturated heterocycles. The number of fused-ring (bicyclic) bond motifs is 1. The summed E-state index contributed by atoms with van der Waals surface area (Å²) in [5.74, 6) is -0.0610. The molecule has 0 N–H and O–H groups in total. The number of hydrogen-bond acceptors (Lipinski definition) is 2. The largest absolute Gasteiger partial charge is 0.327 e. The lowest BCUT2D eigenvalue weighted by atomic mass is 9.92. The van der Waals surface area contributed by atoms with Gasteiger partial charge in [-0.05, 0) is 54.1 Å². The Morgan fingerprint density at radius 2 is 1.88 bits per heavy atom. The first-order valence-electron chi connectivity index (χ1n) is 8.43. The van der Waals surface area contributed by atoms with Gasteiger partial charge in [0.15, 0.2) is 0 Å². The zero-order valence-corrected chi connectivity index (χ0v) is 16.5. The highest BCUT2D eigenvalue weighted by Crippen LogP contribution is 2.39. The van der Waals surface area contributed by atoms with Crippen molar-refractivity contribution in [1.29, 1.82) is 0 Å². The molecule has 5 heteroatoms. The Labute approximate surface area is 167 Å². The van der Waals surface area contributed by atoms with Crippen LogP contribution in [0.4, 0.5) is 0 Å². The molecule has 1 aliphatic rings. The van der Waals surface area contributed by atoms with Crippen molar-refractivity contribution in [3.63, 3.8) is 0 Å². The van der Waals surface area contributed by atoms with Crippen LogP contribution in [0.15, 0.2) is 53.9 Å². The van der Waals surface area contributed by atoms with E-state index < -0.39 is 0 Å². The first kappa shape index (κ1) is 17.6. The summed E-state index contributed by atoms with van der Waals surface area (Å²) in [6.45, 7) is 2.74. The number of aryl methyl sites for hydroxylation is 1. The molecule has 0 bridgehead atoms. The maximum absolute atomic E-state index is 13.3. The zero-order chi connectivity index (χ0) is 18.3. The molecule has 2 nitrogen and oxygen atoms in total. The molecule has 1 aliphatic heterocycles. The van der Waals surface area contributed by atoms with Crippen LogP contribution in [0.25, 0.3) is 0 Å². The smallest absolute Gasteiger partial charge is 0.256 e. The Kier molecular flexibility index (Phi) is 4.78. The van der Waals surface area contributed by atoms with Gasteiger partial charge in [-0.1, -0.05) is 53.0 Å². The molecule has 132 valence electrons. The van der Waals surface area contributed by atoms with Crippen molar-refractivity contribution in [2.75, 3.05) is 6.54 Å². The summed E-state index contributed by atoms with van der Waals surface area (Å²) < 4.78 is 0. The maximum Gasteiger partial charge on any atom is 0.256 e. The van der Waals surface area contributed by atoms with Crippen LogP contribution in [0.5, 0.6) is 0 Å². The molecule has 1 amide bonds. The van der Waals surface area contributed by atoms with Gasteiger partial charge >= 0.3 is 0 Å². The van der Waals surface area contributed by atoms with Crippen molar-refractivity contribution in [3.8, 4) is 0 Å². The lowest BCUT2D eigenvalue weighted by Gasteiger charge is -2.36. The van der Waals surface area contributed by atoms with Crippen LogP contribution in [0.2, 0.25) is 10.0 Å². The molecule has 0 spiro atoms. The third-order valence-electron chi connectivity index (χ3n) is 4.78. The summed E-state index contributed by atoms with van der Waals surface area (Å²) in [5, 5.41) is 3.02. The minimum Gasteiger partial charge on any atom is -0.327 e. The first-order valence-corrected chi connectivity index (χ1v) is 10.1. The third kappa shape index (κ3) is 3.16. The third-order valence-corrected chi connectivity index (χ3v) is 6.33. The molecule has 2 heterocycles. The van der Waals surface area contributed by atoms with Crippen LogP contribution in [0.1, 0.15) is 38.0 Å². The highest BCUT2D eigenvalue weighted by atomic mass is 35.5. The predicted octanol–water partition coefficient (Wildman–Crippen LogP) is 6.15. The van der Waals surface area contributed by atoms with E-state index in [-0.39, 0.29) is 11.9 Å². The number of carbonyl (C=O) groups excluding carboxylic acids is 1. The van der Waals surface area contributed by atoms with E-state index in [0.29, 0.717) is 22.2 Å². The van der Waals surface area contributed by atoms with E-state index in [1.807, 2.05) is 4.90 Å². The van der Waals surface area contributed by atoms with Gasteiger partial charge in [0.2, 0.25) is 0 Å². The monoisotopic (exact) mass is 401 g/mol. The Hall–Kier alpha value is -1.81. The van der Waals surface area contributed by atoms with E-state index in [0.717, 1.165) is 12.0 Å². The normalized spacial score (nSPS) is 16.4. The molecule has 4 rings (SSSR count). The van der Waals surface area contributed by atoms with Crippen molar-refractivity contribution < 1.29 is 4.79 Å². The van der Waals surface area contributed by atoms with Gasteiger partial charge in [-0.3, -0.25) is 4.79 Å². The van der Waals surface area contributed by atoms with Gasteiger partial charge < -0.3 is 4.90 Å². The molecule has 2 aromatic carbocycles. The molecule has 3 aromatic rings. The first-order chi connectivity index (χ1) is 12.5. The van der Waals surface area contributed by atoms with E-state index in [2.05, 4.69) is 42.6 Å². The summed E-state index contributed by atoms with van der Waals surface area (Å²) in [4.78, 5) is 16.6. The molecular formula is C21H17Cl2NOS. The van der Waals surface area contributed by atoms with Gasteiger partial charge in [0.25, 0.3) is 5.91 Å². The second-order valence-electron chi connectivity index (χ2n) is 6.49. The van der Waals surface area contributed by atoms with Gasteiger partial charge in [0, 0.05) is 16.4 Å².